The van der Waals surface area contributed by atoms with E-state index >= 15 is 0 Å². The van der Waals surface area contributed by atoms with Gasteiger partial charge in [-0.25, -0.2) is 0 Å². The lowest BCUT2D eigenvalue weighted by atomic mass is 9.94. The Morgan fingerprint density at radius 1 is 1.23 bits per heavy atom. The van der Waals surface area contributed by atoms with E-state index < -0.39 is 17.8 Å². The van der Waals surface area contributed by atoms with Crippen molar-refractivity contribution >= 4 is 17.5 Å². The number of allylic oxidation sites excluding steroid dienone is 1. The molecule has 1 heterocycles. The van der Waals surface area contributed by atoms with Crippen LogP contribution in [0.2, 0.25) is 5.02 Å². The third-order valence-electron chi connectivity index (χ3n) is 5.16. The molecule has 1 aromatic carbocycles. The van der Waals surface area contributed by atoms with Crippen LogP contribution < -0.4 is 10.6 Å². The zero-order valence-electron chi connectivity index (χ0n) is 14.5. The van der Waals surface area contributed by atoms with Gasteiger partial charge in [-0.05, 0) is 43.5 Å². The molecular weight excluding hydrogens is 365 g/mol. The molecule has 142 valence electrons. The summed E-state index contributed by atoms with van der Waals surface area (Å²) in [6.07, 6.45) is 1.29. The van der Waals surface area contributed by atoms with Crippen molar-refractivity contribution in [3.63, 3.8) is 0 Å². The van der Waals surface area contributed by atoms with Gasteiger partial charge in [0.2, 0.25) is 5.91 Å². The van der Waals surface area contributed by atoms with Gasteiger partial charge in [-0.2, -0.15) is 13.2 Å². The molecule has 1 saturated carbocycles. The molecule has 1 amide bonds. The van der Waals surface area contributed by atoms with Crippen molar-refractivity contribution in [3.8, 4) is 0 Å². The summed E-state index contributed by atoms with van der Waals surface area (Å²) >= 11 is 6.13. The van der Waals surface area contributed by atoms with E-state index in [4.69, 9.17) is 11.6 Å². The molecule has 3 rings (SSSR count). The minimum Gasteiger partial charge on any atom is -0.381 e. The second-order valence-electron chi connectivity index (χ2n) is 7.05. The molecule has 2 N–H and O–H groups in total. The minimum atomic E-state index is -4.43. The summed E-state index contributed by atoms with van der Waals surface area (Å²) in [4.78, 5) is 12.6. The molecule has 0 bridgehead atoms. The lowest BCUT2D eigenvalue weighted by molar-refractivity contribution is -0.137. The maximum Gasteiger partial charge on any atom is 0.416 e. The first-order valence-corrected chi connectivity index (χ1v) is 9.27. The van der Waals surface area contributed by atoms with Gasteiger partial charge in [0.05, 0.1) is 11.6 Å². The maximum atomic E-state index is 13.0. The SMILES string of the molecule is CC1=C(C(=O)NC2CCCCC2)CC(c2cc(C(F)(F)F)ccc2Cl)N1. The number of hydrogen-bond acceptors (Lipinski definition) is 2. The Hall–Kier alpha value is -1.69. The molecule has 0 radical (unpaired) electrons. The molecule has 7 heteroatoms. The van der Waals surface area contributed by atoms with Gasteiger partial charge in [0.15, 0.2) is 0 Å². The van der Waals surface area contributed by atoms with Gasteiger partial charge in [0, 0.05) is 28.8 Å². The highest BCUT2D eigenvalue weighted by Gasteiger charge is 2.34. The molecule has 1 aliphatic carbocycles. The van der Waals surface area contributed by atoms with Crippen LogP contribution in [0.25, 0.3) is 0 Å². The van der Waals surface area contributed by atoms with E-state index in [1.165, 1.54) is 12.5 Å². The van der Waals surface area contributed by atoms with Gasteiger partial charge < -0.3 is 10.6 Å². The molecule has 26 heavy (non-hydrogen) atoms. The molecule has 1 fully saturated rings. The fraction of sp³-hybridized carbons (Fsp3) is 0.526. The van der Waals surface area contributed by atoms with Crippen molar-refractivity contribution in [3.05, 3.63) is 45.6 Å². The molecule has 0 spiro atoms. The van der Waals surface area contributed by atoms with Crippen LogP contribution in [0.3, 0.4) is 0 Å². The molecule has 1 atom stereocenters. The molecular formula is C19H22ClF3N2O. The average molecular weight is 387 g/mol. The van der Waals surface area contributed by atoms with Crippen molar-refractivity contribution in [2.24, 2.45) is 0 Å². The molecule has 0 aromatic heterocycles. The van der Waals surface area contributed by atoms with Gasteiger partial charge in [-0.1, -0.05) is 30.9 Å². The molecule has 1 aliphatic heterocycles. The first-order chi connectivity index (χ1) is 12.3. The van der Waals surface area contributed by atoms with E-state index in [0.29, 0.717) is 23.3 Å². The molecule has 2 aliphatic rings. The van der Waals surface area contributed by atoms with Gasteiger partial charge in [0.1, 0.15) is 0 Å². The number of hydrogen-bond donors (Lipinski definition) is 2. The highest BCUT2D eigenvalue weighted by atomic mass is 35.5. The molecule has 3 nitrogen and oxygen atoms in total. The fourth-order valence-corrected chi connectivity index (χ4v) is 3.96. The van der Waals surface area contributed by atoms with E-state index in [1.807, 2.05) is 0 Å². The second kappa shape index (κ2) is 7.51. The molecule has 1 aromatic rings. The Morgan fingerprint density at radius 2 is 1.92 bits per heavy atom. The van der Waals surface area contributed by atoms with Gasteiger partial charge in [0.25, 0.3) is 0 Å². The summed E-state index contributed by atoms with van der Waals surface area (Å²) in [6.45, 7) is 1.78. The Labute approximate surface area is 156 Å². The topological polar surface area (TPSA) is 41.1 Å². The smallest absolute Gasteiger partial charge is 0.381 e. The lowest BCUT2D eigenvalue weighted by Crippen LogP contribution is -2.37. The third-order valence-corrected chi connectivity index (χ3v) is 5.51. The van der Waals surface area contributed by atoms with Gasteiger partial charge in [-0.3, -0.25) is 4.79 Å². The highest BCUT2D eigenvalue weighted by Crippen LogP contribution is 2.38. The maximum absolute atomic E-state index is 13.0. The predicted molar refractivity (Wildman–Crippen MR) is 94.7 cm³/mol. The van der Waals surface area contributed by atoms with Crippen LogP contribution in [-0.4, -0.2) is 11.9 Å². The Balaban J connectivity index is 1.73. The number of nitrogens with one attached hydrogen (secondary N) is 2. The van der Waals surface area contributed by atoms with Crippen LogP contribution in [-0.2, 0) is 11.0 Å². The number of carbonyl (C=O) groups excluding carboxylic acids is 1. The number of benzene rings is 1. The van der Waals surface area contributed by atoms with Crippen LogP contribution in [0.15, 0.2) is 29.5 Å². The quantitative estimate of drug-likeness (QED) is 0.757. The largest absolute Gasteiger partial charge is 0.416 e. The predicted octanol–water partition coefficient (Wildman–Crippen LogP) is 5.12. The van der Waals surface area contributed by atoms with Crippen LogP contribution >= 0.6 is 11.6 Å². The normalized spacial score (nSPS) is 21.7. The van der Waals surface area contributed by atoms with Crippen molar-refractivity contribution in [1.82, 2.24) is 10.6 Å². The number of rotatable bonds is 3. The summed E-state index contributed by atoms with van der Waals surface area (Å²) in [5.41, 5.74) is 0.906. The van der Waals surface area contributed by atoms with Crippen LogP contribution in [0.1, 0.15) is 62.6 Å². The van der Waals surface area contributed by atoms with Crippen LogP contribution in [0.5, 0.6) is 0 Å². The van der Waals surface area contributed by atoms with Crippen molar-refractivity contribution < 1.29 is 18.0 Å². The van der Waals surface area contributed by atoms with Crippen LogP contribution in [0, 0.1) is 0 Å². The monoisotopic (exact) mass is 386 g/mol. The number of alkyl halides is 3. The Kier molecular flexibility index (Phi) is 5.51. The number of carbonyl (C=O) groups is 1. The van der Waals surface area contributed by atoms with Crippen molar-refractivity contribution in [2.45, 2.75) is 63.7 Å². The van der Waals surface area contributed by atoms with Crippen molar-refractivity contribution in [2.75, 3.05) is 0 Å². The highest BCUT2D eigenvalue weighted by molar-refractivity contribution is 6.31. The van der Waals surface area contributed by atoms with Crippen LogP contribution in [0.4, 0.5) is 13.2 Å². The number of amides is 1. The first kappa shape index (κ1) is 19.1. The summed E-state index contributed by atoms with van der Waals surface area (Å²) in [7, 11) is 0. The number of halogens is 4. The van der Waals surface area contributed by atoms with E-state index in [-0.39, 0.29) is 17.0 Å². The fourth-order valence-electron chi connectivity index (χ4n) is 3.71. The third kappa shape index (κ3) is 4.17. The van der Waals surface area contributed by atoms with Gasteiger partial charge in [-0.15, -0.1) is 0 Å². The second-order valence-corrected chi connectivity index (χ2v) is 7.45. The zero-order chi connectivity index (χ0) is 18.9. The molecule has 1 unspecified atom stereocenters. The van der Waals surface area contributed by atoms with Crippen molar-refractivity contribution in [1.29, 1.82) is 0 Å². The van der Waals surface area contributed by atoms with E-state index in [0.717, 1.165) is 37.8 Å². The lowest BCUT2D eigenvalue weighted by Gasteiger charge is -2.23. The van der Waals surface area contributed by atoms with E-state index in [2.05, 4.69) is 10.6 Å². The van der Waals surface area contributed by atoms with Gasteiger partial charge >= 0.3 is 6.18 Å². The minimum absolute atomic E-state index is 0.132. The summed E-state index contributed by atoms with van der Waals surface area (Å²) in [5.74, 6) is -0.132. The summed E-state index contributed by atoms with van der Waals surface area (Å²) in [5, 5.41) is 6.45. The Bertz CT molecular complexity index is 724. The average Bonchev–Trinajstić information content (AvgIpc) is 2.97. The summed E-state index contributed by atoms with van der Waals surface area (Å²) < 4.78 is 39.0. The molecule has 0 saturated heterocycles. The first-order valence-electron chi connectivity index (χ1n) is 8.89. The van der Waals surface area contributed by atoms with E-state index in [9.17, 15) is 18.0 Å². The Morgan fingerprint density at radius 3 is 2.58 bits per heavy atom. The zero-order valence-corrected chi connectivity index (χ0v) is 15.3. The standard InChI is InChI=1S/C19H22ClF3N2O/c1-11-14(18(26)25-13-5-3-2-4-6-13)10-17(24-11)15-9-12(19(21,22)23)7-8-16(15)20/h7-9,13,17,24H,2-6,10H2,1H3,(H,25,26). The van der Waals surface area contributed by atoms with E-state index in [1.54, 1.807) is 6.92 Å². The summed E-state index contributed by atoms with van der Waals surface area (Å²) in [6, 6.07) is 3.05.